The maximum Gasteiger partial charge on any atom is 0.264 e. The molecule has 1 amide bonds. The number of hydrogen-bond acceptors (Lipinski definition) is 4. The molecule has 1 aliphatic rings. The van der Waals surface area contributed by atoms with Gasteiger partial charge in [-0.3, -0.25) is 9.52 Å². The summed E-state index contributed by atoms with van der Waals surface area (Å²) < 4.78 is 59.6. The molecule has 0 aliphatic carbocycles. The first kappa shape index (κ1) is 17.9. The highest BCUT2D eigenvalue weighted by atomic mass is 32.2. The minimum absolute atomic E-state index is 0.0205. The zero-order valence-electron chi connectivity index (χ0n) is 14.1. The number of fused-ring (bicyclic) bond motifs is 2. The Labute approximate surface area is 158 Å². The van der Waals surface area contributed by atoms with E-state index in [4.69, 9.17) is 4.74 Å². The fraction of sp³-hybridized carbons (Fsp3) is 0. The van der Waals surface area contributed by atoms with Gasteiger partial charge in [-0.2, -0.15) is 0 Å². The van der Waals surface area contributed by atoms with Gasteiger partial charge in [-0.1, -0.05) is 12.1 Å². The fourth-order valence-corrected chi connectivity index (χ4v) is 3.84. The van der Waals surface area contributed by atoms with Crippen LogP contribution in [0.15, 0.2) is 65.6 Å². The number of para-hydroxylation sites is 2. The molecule has 0 aromatic heterocycles. The zero-order chi connectivity index (χ0) is 19.9. The normalized spacial score (nSPS) is 12.9. The number of sulfonamides is 1. The summed E-state index contributed by atoms with van der Waals surface area (Å²) in [6.45, 7) is 0. The second kappa shape index (κ2) is 6.61. The highest BCUT2D eigenvalue weighted by Crippen LogP contribution is 2.36. The van der Waals surface area contributed by atoms with Gasteiger partial charge >= 0.3 is 0 Å². The highest BCUT2D eigenvalue weighted by Gasteiger charge is 2.24. The maximum absolute atomic E-state index is 13.8. The summed E-state index contributed by atoms with van der Waals surface area (Å²) in [4.78, 5) is 11.8. The van der Waals surface area contributed by atoms with Crippen LogP contribution in [0.2, 0.25) is 0 Å². The van der Waals surface area contributed by atoms with Crippen LogP contribution in [0.3, 0.4) is 0 Å². The smallest absolute Gasteiger partial charge is 0.264 e. The van der Waals surface area contributed by atoms with Crippen molar-refractivity contribution in [3.05, 3.63) is 77.9 Å². The molecule has 0 saturated heterocycles. The van der Waals surface area contributed by atoms with E-state index in [9.17, 15) is 22.0 Å². The van der Waals surface area contributed by atoms with Crippen LogP contribution in [0.5, 0.6) is 11.5 Å². The lowest BCUT2D eigenvalue weighted by Crippen LogP contribution is -2.16. The number of carbonyl (C=O) groups excluding carboxylic acids is 1. The van der Waals surface area contributed by atoms with Gasteiger partial charge in [0, 0.05) is 11.8 Å². The average Bonchev–Trinajstić information content (AvgIpc) is 2.77. The van der Waals surface area contributed by atoms with E-state index in [2.05, 4.69) is 10.0 Å². The molecule has 0 saturated carbocycles. The van der Waals surface area contributed by atoms with Gasteiger partial charge in [0.25, 0.3) is 15.9 Å². The molecule has 6 nitrogen and oxygen atoms in total. The minimum Gasteiger partial charge on any atom is -0.454 e. The van der Waals surface area contributed by atoms with Gasteiger partial charge in [0.2, 0.25) is 0 Å². The Morgan fingerprint density at radius 3 is 2.50 bits per heavy atom. The molecule has 28 heavy (non-hydrogen) atoms. The molecule has 1 heterocycles. The lowest BCUT2D eigenvalue weighted by Gasteiger charge is -2.11. The van der Waals surface area contributed by atoms with E-state index in [1.807, 2.05) is 0 Å². The number of amides is 1. The summed E-state index contributed by atoms with van der Waals surface area (Å²) in [5, 5.41) is 2.67. The Kier molecular flexibility index (Phi) is 4.23. The zero-order valence-corrected chi connectivity index (χ0v) is 14.9. The number of hydrogen-bond donors (Lipinski definition) is 2. The van der Waals surface area contributed by atoms with Gasteiger partial charge in [-0.15, -0.1) is 0 Å². The Morgan fingerprint density at radius 2 is 1.71 bits per heavy atom. The monoisotopic (exact) mass is 402 g/mol. The standard InChI is InChI=1S/C19H12F2N2O4S/c20-11-5-8-18(14(21)9-11)28(25,26)23-12-6-7-16-13(10-12)19(24)22-15-3-1-2-4-17(15)27-16/h1-10,23H,(H,22,24). The molecule has 0 fully saturated rings. The van der Waals surface area contributed by atoms with Crippen molar-refractivity contribution in [3.63, 3.8) is 0 Å². The van der Waals surface area contributed by atoms with Crippen molar-refractivity contribution in [2.45, 2.75) is 4.90 Å². The second-order valence-electron chi connectivity index (χ2n) is 5.94. The second-order valence-corrected chi connectivity index (χ2v) is 7.59. The largest absolute Gasteiger partial charge is 0.454 e. The van der Waals surface area contributed by atoms with Crippen molar-refractivity contribution in [1.29, 1.82) is 0 Å². The first-order valence-corrected chi connectivity index (χ1v) is 9.52. The van der Waals surface area contributed by atoms with Crippen LogP contribution < -0.4 is 14.8 Å². The van der Waals surface area contributed by atoms with E-state index < -0.39 is 32.5 Å². The molecule has 9 heteroatoms. The first-order valence-electron chi connectivity index (χ1n) is 8.04. The Morgan fingerprint density at radius 1 is 0.929 bits per heavy atom. The first-order chi connectivity index (χ1) is 13.3. The van der Waals surface area contributed by atoms with E-state index in [0.717, 1.165) is 12.1 Å². The quantitative estimate of drug-likeness (QED) is 0.690. The fourth-order valence-electron chi connectivity index (χ4n) is 2.73. The summed E-state index contributed by atoms with van der Waals surface area (Å²) in [7, 11) is -4.33. The van der Waals surface area contributed by atoms with E-state index in [1.54, 1.807) is 24.3 Å². The summed E-state index contributed by atoms with van der Waals surface area (Å²) in [6, 6.07) is 13.0. The minimum atomic E-state index is -4.33. The topological polar surface area (TPSA) is 84.5 Å². The summed E-state index contributed by atoms with van der Waals surface area (Å²) >= 11 is 0. The average molecular weight is 402 g/mol. The number of anilines is 2. The third kappa shape index (κ3) is 3.27. The third-order valence-corrected chi connectivity index (χ3v) is 5.43. The van der Waals surface area contributed by atoms with Crippen molar-refractivity contribution in [3.8, 4) is 11.5 Å². The van der Waals surface area contributed by atoms with Gasteiger partial charge in [0.15, 0.2) is 5.75 Å². The molecular formula is C19H12F2N2O4S. The molecule has 1 aliphatic heterocycles. The van der Waals surface area contributed by atoms with E-state index in [-0.39, 0.29) is 17.0 Å². The Hall–Kier alpha value is -3.46. The van der Waals surface area contributed by atoms with Crippen molar-refractivity contribution in [2.24, 2.45) is 0 Å². The van der Waals surface area contributed by atoms with E-state index >= 15 is 0 Å². The predicted octanol–water partition coefficient (Wildman–Crippen LogP) is 4.12. The summed E-state index contributed by atoms with van der Waals surface area (Å²) in [5.74, 6) is -1.93. The molecule has 4 rings (SSSR count). The van der Waals surface area contributed by atoms with Crippen LogP contribution in [-0.4, -0.2) is 14.3 Å². The van der Waals surface area contributed by atoms with Gasteiger partial charge in [0.05, 0.1) is 11.3 Å². The number of rotatable bonds is 3. The number of ether oxygens (including phenoxy) is 1. The third-order valence-electron chi connectivity index (χ3n) is 4.02. The molecule has 0 unspecified atom stereocenters. The number of carbonyl (C=O) groups is 1. The molecule has 3 aromatic rings. The van der Waals surface area contributed by atoms with Crippen LogP contribution in [0.1, 0.15) is 10.4 Å². The van der Waals surface area contributed by atoms with Crippen molar-refractivity contribution < 1.29 is 26.7 Å². The lowest BCUT2D eigenvalue weighted by molar-refractivity contribution is 0.102. The van der Waals surface area contributed by atoms with Gasteiger partial charge in [-0.05, 0) is 42.5 Å². The number of benzene rings is 3. The molecule has 0 spiro atoms. The maximum atomic E-state index is 13.8. The molecule has 0 radical (unpaired) electrons. The van der Waals surface area contributed by atoms with E-state index in [0.29, 0.717) is 17.5 Å². The Bertz CT molecular complexity index is 1210. The number of halogens is 2. The van der Waals surface area contributed by atoms with Crippen molar-refractivity contribution in [1.82, 2.24) is 0 Å². The van der Waals surface area contributed by atoms with Crippen LogP contribution in [-0.2, 0) is 10.0 Å². The predicted molar refractivity (Wildman–Crippen MR) is 98.1 cm³/mol. The van der Waals surface area contributed by atoms with Crippen LogP contribution in [0, 0.1) is 11.6 Å². The molecular weight excluding hydrogens is 390 g/mol. The van der Waals surface area contributed by atoms with E-state index in [1.165, 1.54) is 18.2 Å². The SMILES string of the molecule is O=C1Nc2ccccc2Oc2ccc(NS(=O)(=O)c3ccc(F)cc3F)cc21. The molecule has 0 atom stereocenters. The molecule has 142 valence electrons. The highest BCUT2D eigenvalue weighted by molar-refractivity contribution is 7.92. The van der Waals surface area contributed by atoms with Crippen LogP contribution in [0.4, 0.5) is 20.2 Å². The summed E-state index contributed by atoms with van der Waals surface area (Å²) in [5.41, 5.74) is 0.586. The van der Waals surface area contributed by atoms with Crippen LogP contribution >= 0.6 is 0 Å². The molecule has 3 aromatic carbocycles. The molecule has 0 bridgehead atoms. The Balaban J connectivity index is 1.68. The van der Waals surface area contributed by atoms with Gasteiger partial charge < -0.3 is 10.1 Å². The van der Waals surface area contributed by atoms with Crippen molar-refractivity contribution in [2.75, 3.05) is 10.0 Å². The lowest BCUT2D eigenvalue weighted by atomic mass is 10.1. The molecule has 2 N–H and O–H groups in total. The van der Waals surface area contributed by atoms with Gasteiger partial charge in [0.1, 0.15) is 22.3 Å². The summed E-state index contributed by atoms with van der Waals surface area (Å²) in [6.07, 6.45) is 0. The van der Waals surface area contributed by atoms with Crippen molar-refractivity contribution >= 4 is 27.3 Å². The van der Waals surface area contributed by atoms with Crippen LogP contribution in [0.25, 0.3) is 0 Å². The number of nitrogens with one attached hydrogen (secondary N) is 2. The van der Waals surface area contributed by atoms with Gasteiger partial charge in [-0.25, -0.2) is 17.2 Å².